The Morgan fingerprint density at radius 2 is 1.07 bits per heavy atom. The summed E-state index contributed by atoms with van der Waals surface area (Å²) in [5.41, 5.74) is 0.188. The minimum absolute atomic E-state index is 0. The van der Waals surface area contributed by atoms with Crippen molar-refractivity contribution in [2.24, 2.45) is 9.98 Å². The summed E-state index contributed by atoms with van der Waals surface area (Å²) in [4.78, 5) is 31.3. The molecule has 0 bridgehead atoms. The van der Waals surface area contributed by atoms with Crippen LogP contribution in [0.4, 0.5) is 11.4 Å². The van der Waals surface area contributed by atoms with Crippen molar-refractivity contribution in [3.05, 3.63) is 66.7 Å². The Morgan fingerprint density at radius 3 is 1.35 bits per heavy atom. The molecule has 2 aromatic rings. The topological polar surface area (TPSA) is 151 Å². The number of phenols is 2. The molecule has 1 saturated carbocycles. The normalized spacial score (nSPS) is 17.9. The molecule has 40 heavy (non-hydrogen) atoms. The van der Waals surface area contributed by atoms with Gasteiger partial charge in [0.25, 0.3) is 11.4 Å². The van der Waals surface area contributed by atoms with E-state index in [1.165, 1.54) is 36.7 Å². The number of non-ortho nitro benzene ring substituents is 2. The van der Waals surface area contributed by atoms with Crippen LogP contribution in [0.1, 0.15) is 89.5 Å². The van der Waals surface area contributed by atoms with Gasteiger partial charge in [0.2, 0.25) is 0 Å². The number of rotatable bonds is 6. The molecule has 0 aromatic heterocycles. The van der Waals surface area contributed by atoms with Crippen LogP contribution in [0.3, 0.4) is 0 Å². The average molecular weight is 663 g/mol. The van der Waals surface area contributed by atoms with Gasteiger partial charge in [0.1, 0.15) is 11.5 Å². The fraction of sp³-hybridized carbons (Fsp3) is 0.500. The molecular weight excluding hydrogens is 627 g/mol. The van der Waals surface area contributed by atoms with Crippen molar-refractivity contribution in [2.45, 2.75) is 90.1 Å². The Kier molecular flexibility index (Phi) is 12.0. The van der Waals surface area contributed by atoms with Gasteiger partial charge in [0.15, 0.2) is 0 Å². The van der Waals surface area contributed by atoms with Gasteiger partial charge in [0.05, 0.1) is 21.9 Å². The number of hydrogen-bond acceptors (Lipinski definition) is 8. The monoisotopic (exact) mass is 662 g/mol. The summed E-state index contributed by atoms with van der Waals surface area (Å²) in [6.45, 7) is 11.2. The van der Waals surface area contributed by atoms with Gasteiger partial charge in [-0.3, -0.25) is 30.2 Å². The van der Waals surface area contributed by atoms with E-state index in [0.29, 0.717) is 11.1 Å². The molecule has 1 aliphatic carbocycles. The number of nitro groups is 2. The number of hydrogen-bond donors (Lipinski definition) is 2. The summed E-state index contributed by atoms with van der Waals surface area (Å²) >= 11 is 0. The molecule has 2 aromatic carbocycles. The molecule has 1 fully saturated rings. The van der Waals surface area contributed by atoms with Gasteiger partial charge >= 0.3 is 0 Å². The Labute approximate surface area is 255 Å². The third-order valence-corrected chi connectivity index (χ3v) is 6.79. The van der Waals surface area contributed by atoms with E-state index in [1.54, 1.807) is 0 Å². The van der Waals surface area contributed by atoms with E-state index in [1.807, 2.05) is 41.5 Å². The molecule has 0 aliphatic heterocycles. The third-order valence-electron chi connectivity index (χ3n) is 6.79. The van der Waals surface area contributed by atoms with Gasteiger partial charge in [-0.05, 0) is 23.7 Å². The molecule has 0 saturated heterocycles. The summed E-state index contributed by atoms with van der Waals surface area (Å²) < 4.78 is 0. The zero-order valence-electron chi connectivity index (χ0n) is 23.5. The van der Waals surface area contributed by atoms with Crippen LogP contribution in [-0.4, -0.2) is 44.6 Å². The van der Waals surface area contributed by atoms with Crippen LogP contribution < -0.4 is 17.0 Å². The molecule has 12 heteroatoms. The van der Waals surface area contributed by atoms with Crippen molar-refractivity contribution in [3.8, 4) is 11.5 Å². The van der Waals surface area contributed by atoms with Crippen LogP contribution in [0.2, 0.25) is 0 Å². The van der Waals surface area contributed by atoms with E-state index in [2.05, 4.69) is 9.98 Å². The fourth-order valence-electron chi connectivity index (χ4n) is 4.62. The number of phenolic OH excluding ortho intramolecular Hbond substituents is 2. The van der Waals surface area contributed by atoms with Crippen molar-refractivity contribution < 1.29 is 53.8 Å². The predicted molar refractivity (Wildman–Crippen MR) is 148 cm³/mol. The van der Waals surface area contributed by atoms with E-state index >= 15 is 0 Å². The molecule has 10 nitrogen and oxygen atoms in total. The van der Waals surface area contributed by atoms with E-state index < -0.39 is 20.7 Å². The van der Waals surface area contributed by atoms with Gasteiger partial charge in [-0.1, -0.05) is 54.4 Å². The second kappa shape index (κ2) is 13.7. The minimum Gasteiger partial charge on any atom is -1.00 e. The Hall–Kier alpha value is -2.83. The van der Waals surface area contributed by atoms with E-state index in [4.69, 9.17) is 0 Å². The summed E-state index contributed by atoms with van der Waals surface area (Å²) in [7, 11) is 0. The van der Waals surface area contributed by atoms with E-state index in [9.17, 15) is 30.4 Å². The van der Waals surface area contributed by atoms with Gasteiger partial charge < -0.3 is 27.2 Å². The molecule has 1 aliphatic rings. The zero-order chi connectivity index (χ0) is 28.4. The molecule has 0 amide bonds. The molecule has 2 atom stereocenters. The number of aromatic hydroxyl groups is 2. The van der Waals surface area contributed by atoms with Crippen LogP contribution in [-0.2, 0) is 27.6 Å². The number of nitro benzene ring substituents is 2. The number of nitrogens with zero attached hydrogens (tertiary/aromatic N) is 4. The number of aliphatic imine (C=N–C) groups is 2. The van der Waals surface area contributed by atoms with Crippen LogP contribution in [0.15, 0.2) is 34.3 Å². The first-order valence-corrected chi connectivity index (χ1v) is 12.7. The first-order valence-electron chi connectivity index (χ1n) is 12.7. The minimum atomic E-state index is -0.511. The van der Waals surface area contributed by atoms with Crippen LogP contribution in [0, 0.1) is 20.2 Å². The molecule has 221 valence electrons. The van der Waals surface area contributed by atoms with Gasteiger partial charge in [-0.25, -0.2) is 0 Å². The maximum absolute atomic E-state index is 11.5. The van der Waals surface area contributed by atoms with Crippen LogP contribution in [0.25, 0.3) is 0 Å². The average Bonchev–Trinajstić information content (AvgIpc) is 2.81. The Balaban J connectivity index is 0.00000400. The Bertz CT molecular complexity index is 1200. The van der Waals surface area contributed by atoms with Crippen LogP contribution in [0.5, 0.6) is 11.5 Å². The van der Waals surface area contributed by atoms with Crippen molar-refractivity contribution in [3.63, 3.8) is 0 Å². The molecule has 0 unspecified atom stereocenters. The molecule has 0 heterocycles. The summed E-state index contributed by atoms with van der Waals surface area (Å²) in [6.07, 6.45) is 6.26. The van der Waals surface area contributed by atoms with E-state index in [0.717, 1.165) is 25.7 Å². The standard InChI is InChI=1S/C28H36N4O6.BrH.Co/c1-27(2,3)21-13-19(31(35)36)11-17(25(21)33)15-29-23-9-7-8-10-24(23)30-16-18-12-20(32(37)38)14-22(26(18)34)28(4,5)6;;/h11-16,23-24,33-34H,7-10H2,1-6H3;1H;/p-1/t23-,24-;;/m1../s1. The largest absolute Gasteiger partial charge is 1.00 e. The van der Waals surface area contributed by atoms with Gasteiger partial charge in [-0.15, -0.1) is 0 Å². The first kappa shape index (κ1) is 35.2. The maximum atomic E-state index is 11.5. The quantitative estimate of drug-likeness (QED) is 0.275. The summed E-state index contributed by atoms with van der Waals surface area (Å²) in [5, 5.41) is 44.7. The van der Waals surface area contributed by atoms with Crippen molar-refractivity contribution >= 4 is 23.8 Å². The van der Waals surface area contributed by atoms with Gasteiger partial charge in [-0.2, -0.15) is 0 Å². The smallest absolute Gasteiger partial charge is 0.270 e. The molecular formula is C28H36BrCoN4O6-. The second-order valence-corrected chi connectivity index (χ2v) is 11.9. The van der Waals surface area contributed by atoms with Crippen molar-refractivity contribution in [1.82, 2.24) is 0 Å². The zero-order valence-corrected chi connectivity index (χ0v) is 26.1. The fourth-order valence-corrected chi connectivity index (χ4v) is 4.62. The van der Waals surface area contributed by atoms with E-state index in [-0.39, 0.29) is 79.8 Å². The molecule has 2 N–H and O–H groups in total. The predicted octanol–water partition coefficient (Wildman–Crippen LogP) is 3.36. The summed E-state index contributed by atoms with van der Waals surface area (Å²) in [5.74, 6) is -0.0853. The first-order chi connectivity index (χ1) is 17.6. The number of benzene rings is 2. The summed E-state index contributed by atoms with van der Waals surface area (Å²) in [6, 6.07) is 4.89. The van der Waals surface area contributed by atoms with Crippen molar-refractivity contribution in [2.75, 3.05) is 0 Å². The second-order valence-electron chi connectivity index (χ2n) is 11.9. The molecule has 1 radical (unpaired) electrons. The third kappa shape index (κ3) is 8.34. The Morgan fingerprint density at radius 1 is 0.750 bits per heavy atom. The number of halogens is 1. The van der Waals surface area contributed by atoms with Crippen LogP contribution >= 0.6 is 0 Å². The van der Waals surface area contributed by atoms with Gasteiger partial charge in [0, 0.05) is 75.7 Å². The molecule has 0 spiro atoms. The maximum Gasteiger partial charge on any atom is 0.270 e. The van der Waals surface area contributed by atoms with Crippen molar-refractivity contribution in [1.29, 1.82) is 0 Å². The SMILES string of the molecule is CC(C)(C)c1cc([N+](=O)[O-])cc(C=N[C@@H]2CCCC[C@H]2N=Cc2cc([N+](=O)[O-])cc(C(C)(C)C)c2O)c1O.[Br-].[Co]. The molecule has 3 rings (SSSR count).